The lowest BCUT2D eigenvalue weighted by Crippen LogP contribution is -2.22. The second-order valence-corrected chi connectivity index (χ2v) is 5.39. The van der Waals surface area contributed by atoms with Crippen molar-refractivity contribution in [3.8, 4) is 11.5 Å². The molecule has 0 aromatic heterocycles. The normalized spacial score (nSPS) is 10.2. The van der Waals surface area contributed by atoms with E-state index < -0.39 is 4.92 Å². The van der Waals surface area contributed by atoms with Crippen LogP contribution in [0.1, 0.15) is 17.5 Å². The Morgan fingerprint density at radius 1 is 1.04 bits per heavy atom. The number of carbonyl (C=O) groups is 1. The summed E-state index contributed by atoms with van der Waals surface area (Å²) in [4.78, 5) is 22.1. The first kappa shape index (κ1) is 18.3. The molecule has 0 heterocycles. The molecule has 0 unspecified atom stereocenters. The number of methoxy groups -OCH3 is 2. The van der Waals surface area contributed by atoms with E-state index in [1.54, 1.807) is 26.4 Å². The van der Waals surface area contributed by atoms with E-state index in [9.17, 15) is 14.9 Å². The molecule has 132 valence electrons. The van der Waals surface area contributed by atoms with Crippen LogP contribution in [0.5, 0.6) is 11.5 Å². The maximum Gasteiger partial charge on any atom is 0.269 e. The van der Waals surface area contributed by atoms with Gasteiger partial charge in [0, 0.05) is 25.1 Å². The number of aryl methyl sites for hydroxylation is 1. The van der Waals surface area contributed by atoms with Crippen molar-refractivity contribution < 1.29 is 19.2 Å². The predicted octanol–water partition coefficient (Wildman–Crippen LogP) is 2.86. The molecule has 0 aliphatic rings. The molecule has 0 radical (unpaired) electrons. The average Bonchev–Trinajstić information content (AvgIpc) is 2.64. The van der Waals surface area contributed by atoms with Gasteiger partial charge in [0.05, 0.1) is 19.1 Å². The molecule has 0 spiro atoms. The zero-order chi connectivity index (χ0) is 18.2. The molecule has 0 saturated carbocycles. The summed E-state index contributed by atoms with van der Waals surface area (Å²) in [6.45, 7) is 0.336. The third-order valence-electron chi connectivity index (χ3n) is 3.73. The Labute approximate surface area is 145 Å². The SMILES string of the molecule is COc1ccc(CCC(=O)NCc2ccc([N+](=O)[O-])cc2)cc1OC. The van der Waals surface area contributed by atoms with Gasteiger partial charge >= 0.3 is 0 Å². The number of nitrogens with zero attached hydrogens (tertiary/aromatic N) is 1. The van der Waals surface area contributed by atoms with Crippen LogP contribution < -0.4 is 14.8 Å². The summed E-state index contributed by atoms with van der Waals surface area (Å²) in [6, 6.07) is 11.7. The monoisotopic (exact) mass is 344 g/mol. The van der Waals surface area contributed by atoms with E-state index in [0.717, 1.165) is 11.1 Å². The van der Waals surface area contributed by atoms with E-state index >= 15 is 0 Å². The number of nitrogens with one attached hydrogen (secondary N) is 1. The number of carbonyl (C=O) groups excluding carboxylic acids is 1. The molecule has 1 amide bonds. The first-order valence-electron chi connectivity index (χ1n) is 7.74. The summed E-state index contributed by atoms with van der Waals surface area (Å²) in [5.41, 5.74) is 1.82. The molecular formula is C18H20N2O5. The highest BCUT2D eigenvalue weighted by Gasteiger charge is 2.08. The molecular weight excluding hydrogens is 324 g/mol. The van der Waals surface area contributed by atoms with Gasteiger partial charge in [-0.3, -0.25) is 14.9 Å². The minimum absolute atomic E-state index is 0.0310. The van der Waals surface area contributed by atoms with Crippen LogP contribution in [0.3, 0.4) is 0 Å². The number of rotatable bonds is 8. The second kappa shape index (κ2) is 8.68. The van der Waals surface area contributed by atoms with Gasteiger partial charge in [0.2, 0.25) is 5.91 Å². The molecule has 2 aromatic carbocycles. The zero-order valence-electron chi connectivity index (χ0n) is 14.2. The van der Waals surface area contributed by atoms with Gasteiger partial charge in [-0.25, -0.2) is 0 Å². The predicted molar refractivity (Wildman–Crippen MR) is 92.8 cm³/mol. The quantitative estimate of drug-likeness (QED) is 0.587. The minimum Gasteiger partial charge on any atom is -0.493 e. The van der Waals surface area contributed by atoms with Crippen molar-refractivity contribution in [2.75, 3.05) is 14.2 Å². The number of amides is 1. The van der Waals surface area contributed by atoms with E-state index in [1.165, 1.54) is 12.1 Å². The summed E-state index contributed by atoms with van der Waals surface area (Å²) >= 11 is 0. The molecule has 0 atom stereocenters. The molecule has 1 N–H and O–H groups in total. The topological polar surface area (TPSA) is 90.7 Å². The largest absolute Gasteiger partial charge is 0.493 e. The fourth-order valence-electron chi connectivity index (χ4n) is 2.32. The fourth-order valence-corrected chi connectivity index (χ4v) is 2.32. The van der Waals surface area contributed by atoms with Crippen molar-refractivity contribution in [3.05, 3.63) is 63.7 Å². The summed E-state index contributed by atoms with van der Waals surface area (Å²) < 4.78 is 10.4. The van der Waals surface area contributed by atoms with Crippen LogP contribution >= 0.6 is 0 Å². The van der Waals surface area contributed by atoms with E-state index in [2.05, 4.69) is 5.32 Å². The maximum atomic E-state index is 12.0. The molecule has 0 aliphatic heterocycles. The first-order valence-corrected chi connectivity index (χ1v) is 7.74. The molecule has 0 saturated heterocycles. The first-order chi connectivity index (χ1) is 12.0. The number of nitro benzene ring substituents is 1. The van der Waals surface area contributed by atoms with Gasteiger partial charge in [0.25, 0.3) is 5.69 Å². The van der Waals surface area contributed by atoms with Gasteiger partial charge in [-0.15, -0.1) is 0 Å². The average molecular weight is 344 g/mol. The summed E-state index contributed by atoms with van der Waals surface area (Å²) in [6.07, 6.45) is 0.912. The molecule has 0 fully saturated rings. The molecule has 2 aromatic rings. The van der Waals surface area contributed by atoms with Gasteiger partial charge in [0.1, 0.15) is 0 Å². The van der Waals surface area contributed by atoms with Crippen molar-refractivity contribution in [1.82, 2.24) is 5.32 Å². The Kier molecular flexibility index (Phi) is 6.33. The minimum atomic E-state index is -0.453. The maximum absolute atomic E-state index is 12.0. The van der Waals surface area contributed by atoms with Gasteiger partial charge in [-0.05, 0) is 29.7 Å². The van der Waals surface area contributed by atoms with Crippen molar-refractivity contribution in [2.24, 2.45) is 0 Å². The number of ether oxygens (including phenoxy) is 2. The number of benzene rings is 2. The van der Waals surface area contributed by atoms with E-state index in [0.29, 0.717) is 30.9 Å². The lowest BCUT2D eigenvalue weighted by molar-refractivity contribution is -0.384. The van der Waals surface area contributed by atoms with Crippen LogP contribution in [-0.2, 0) is 17.8 Å². The molecule has 25 heavy (non-hydrogen) atoms. The molecule has 0 aliphatic carbocycles. The highest BCUT2D eigenvalue weighted by Crippen LogP contribution is 2.27. The summed E-state index contributed by atoms with van der Waals surface area (Å²) in [5.74, 6) is 1.19. The van der Waals surface area contributed by atoms with Crippen LogP contribution in [0.15, 0.2) is 42.5 Å². The number of non-ortho nitro benzene ring substituents is 1. The van der Waals surface area contributed by atoms with Crippen LogP contribution in [0.4, 0.5) is 5.69 Å². The molecule has 7 heteroatoms. The number of hydrogen-bond donors (Lipinski definition) is 1. The smallest absolute Gasteiger partial charge is 0.269 e. The second-order valence-electron chi connectivity index (χ2n) is 5.39. The van der Waals surface area contributed by atoms with E-state index in [-0.39, 0.29) is 11.6 Å². The molecule has 7 nitrogen and oxygen atoms in total. The Hall–Kier alpha value is -3.09. The van der Waals surface area contributed by atoms with Crippen molar-refractivity contribution in [3.63, 3.8) is 0 Å². The third-order valence-corrected chi connectivity index (χ3v) is 3.73. The Bertz CT molecular complexity index is 744. The standard InChI is InChI=1S/C18H20N2O5/c1-24-16-9-5-13(11-17(16)25-2)6-10-18(21)19-12-14-3-7-15(8-4-14)20(22)23/h3-5,7-9,11H,6,10,12H2,1-2H3,(H,19,21). The van der Waals surface area contributed by atoms with E-state index in [1.807, 2.05) is 18.2 Å². The number of nitro groups is 1. The highest BCUT2D eigenvalue weighted by atomic mass is 16.6. The summed E-state index contributed by atoms with van der Waals surface area (Å²) in [5, 5.41) is 13.4. The lowest BCUT2D eigenvalue weighted by atomic mass is 10.1. The van der Waals surface area contributed by atoms with Crippen LogP contribution in [0.25, 0.3) is 0 Å². The summed E-state index contributed by atoms with van der Waals surface area (Å²) in [7, 11) is 3.14. The van der Waals surface area contributed by atoms with E-state index in [4.69, 9.17) is 9.47 Å². The van der Waals surface area contributed by atoms with Gasteiger partial charge in [0.15, 0.2) is 11.5 Å². The highest BCUT2D eigenvalue weighted by molar-refractivity contribution is 5.76. The third kappa shape index (κ3) is 5.20. The van der Waals surface area contributed by atoms with Gasteiger partial charge in [-0.1, -0.05) is 18.2 Å². The molecule has 0 bridgehead atoms. The zero-order valence-corrected chi connectivity index (χ0v) is 14.2. The van der Waals surface area contributed by atoms with Crippen molar-refractivity contribution >= 4 is 11.6 Å². The molecule has 2 rings (SSSR count). The Morgan fingerprint density at radius 3 is 2.28 bits per heavy atom. The fraction of sp³-hybridized carbons (Fsp3) is 0.278. The van der Waals surface area contributed by atoms with Crippen molar-refractivity contribution in [2.45, 2.75) is 19.4 Å². The van der Waals surface area contributed by atoms with Crippen LogP contribution in [-0.4, -0.2) is 25.1 Å². The van der Waals surface area contributed by atoms with Crippen molar-refractivity contribution in [1.29, 1.82) is 0 Å². The van der Waals surface area contributed by atoms with Crippen LogP contribution in [0, 0.1) is 10.1 Å². The van der Waals surface area contributed by atoms with Crippen LogP contribution in [0.2, 0.25) is 0 Å². The van der Waals surface area contributed by atoms with Gasteiger partial charge in [-0.2, -0.15) is 0 Å². The number of hydrogen-bond acceptors (Lipinski definition) is 5. The Morgan fingerprint density at radius 2 is 1.68 bits per heavy atom. The van der Waals surface area contributed by atoms with Gasteiger partial charge < -0.3 is 14.8 Å². The Balaban J connectivity index is 1.83. The lowest BCUT2D eigenvalue weighted by Gasteiger charge is -2.10.